The first-order valence-corrected chi connectivity index (χ1v) is 7.89. The summed E-state index contributed by atoms with van der Waals surface area (Å²) in [5.74, 6) is 0.676. The van der Waals surface area contributed by atoms with Crippen LogP contribution >= 0.6 is 0 Å². The summed E-state index contributed by atoms with van der Waals surface area (Å²) in [6.45, 7) is 7.38. The molecule has 0 aromatic rings. The van der Waals surface area contributed by atoms with Crippen molar-refractivity contribution in [1.29, 1.82) is 0 Å². The van der Waals surface area contributed by atoms with Gasteiger partial charge in [-0.05, 0) is 70.6 Å². The average Bonchev–Trinajstić information content (AvgIpc) is 3.04. The Morgan fingerprint density at radius 3 is 2.72 bits per heavy atom. The summed E-state index contributed by atoms with van der Waals surface area (Å²) in [6, 6.07) is 0. The predicted molar refractivity (Wildman–Crippen MR) is 75.7 cm³/mol. The lowest BCUT2D eigenvalue weighted by atomic mass is 9.85. The van der Waals surface area contributed by atoms with Crippen LogP contribution in [0.1, 0.15) is 51.9 Å². The van der Waals surface area contributed by atoms with E-state index in [-0.39, 0.29) is 5.54 Å². The van der Waals surface area contributed by atoms with E-state index in [2.05, 4.69) is 17.1 Å². The van der Waals surface area contributed by atoms with Gasteiger partial charge in [0.2, 0.25) is 0 Å². The largest absolute Gasteiger partial charge is 0.394 e. The Morgan fingerprint density at radius 1 is 1.28 bits per heavy atom. The maximum atomic E-state index is 9.83. The molecule has 2 fully saturated rings. The number of aliphatic hydroxyl groups excluding tert-OH is 1. The summed E-state index contributed by atoms with van der Waals surface area (Å²) in [5, 5.41) is 13.5. The second kappa shape index (κ2) is 6.88. The molecule has 18 heavy (non-hydrogen) atoms. The Morgan fingerprint density at radius 2 is 2.06 bits per heavy atom. The van der Waals surface area contributed by atoms with Crippen LogP contribution in [0.2, 0.25) is 0 Å². The van der Waals surface area contributed by atoms with Crippen molar-refractivity contribution in [2.24, 2.45) is 5.92 Å². The highest BCUT2D eigenvalue weighted by Crippen LogP contribution is 2.38. The van der Waals surface area contributed by atoms with E-state index in [9.17, 15) is 5.11 Å². The van der Waals surface area contributed by atoms with Crippen LogP contribution < -0.4 is 5.32 Å². The quantitative estimate of drug-likeness (QED) is 0.729. The van der Waals surface area contributed by atoms with Gasteiger partial charge in [-0.1, -0.05) is 13.3 Å². The normalized spacial score (nSPS) is 33.3. The molecule has 1 saturated carbocycles. The molecule has 0 bridgehead atoms. The number of hydrogen-bond acceptors (Lipinski definition) is 3. The molecule has 2 unspecified atom stereocenters. The summed E-state index contributed by atoms with van der Waals surface area (Å²) in [6.07, 6.45) is 8.91. The molecule has 3 heteroatoms. The van der Waals surface area contributed by atoms with Gasteiger partial charge in [-0.2, -0.15) is 0 Å². The Balaban J connectivity index is 1.84. The van der Waals surface area contributed by atoms with E-state index in [1.807, 2.05) is 0 Å². The third kappa shape index (κ3) is 3.25. The molecule has 0 aromatic heterocycles. The highest BCUT2D eigenvalue weighted by Gasteiger charge is 2.41. The van der Waals surface area contributed by atoms with Crippen LogP contribution in [0, 0.1) is 5.92 Å². The number of aliphatic hydroxyl groups is 1. The second-order valence-corrected chi connectivity index (χ2v) is 6.17. The van der Waals surface area contributed by atoms with Crippen LogP contribution in [0.3, 0.4) is 0 Å². The van der Waals surface area contributed by atoms with Crippen molar-refractivity contribution in [3.05, 3.63) is 0 Å². The summed E-state index contributed by atoms with van der Waals surface area (Å²) >= 11 is 0. The monoisotopic (exact) mass is 254 g/mol. The van der Waals surface area contributed by atoms with Gasteiger partial charge in [0.25, 0.3) is 0 Å². The van der Waals surface area contributed by atoms with Crippen LogP contribution in [-0.2, 0) is 0 Å². The third-order valence-electron chi connectivity index (χ3n) is 4.96. The Bertz CT molecular complexity index is 241. The molecule has 1 aliphatic carbocycles. The molecule has 0 radical (unpaired) electrons. The van der Waals surface area contributed by atoms with Crippen LogP contribution in [-0.4, -0.2) is 48.3 Å². The molecule has 106 valence electrons. The minimum atomic E-state index is 0.0374. The highest BCUT2D eigenvalue weighted by molar-refractivity contribution is 4.99. The van der Waals surface area contributed by atoms with Gasteiger partial charge in [0, 0.05) is 5.54 Å². The number of nitrogens with one attached hydrogen (secondary N) is 1. The van der Waals surface area contributed by atoms with Gasteiger partial charge >= 0.3 is 0 Å². The molecule has 1 saturated heterocycles. The molecule has 1 heterocycles. The lowest BCUT2D eigenvalue weighted by Crippen LogP contribution is -2.52. The summed E-state index contributed by atoms with van der Waals surface area (Å²) in [5.41, 5.74) is 0.0374. The van der Waals surface area contributed by atoms with Crippen molar-refractivity contribution in [1.82, 2.24) is 10.2 Å². The summed E-state index contributed by atoms with van der Waals surface area (Å²) in [7, 11) is 0. The van der Waals surface area contributed by atoms with Crippen LogP contribution in [0.15, 0.2) is 0 Å². The zero-order chi connectivity index (χ0) is 12.8. The molecule has 2 rings (SSSR count). The average molecular weight is 254 g/mol. The maximum absolute atomic E-state index is 9.83. The van der Waals surface area contributed by atoms with E-state index >= 15 is 0 Å². The fraction of sp³-hybridized carbons (Fsp3) is 1.00. The van der Waals surface area contributed by atoms with Crippen molar-refractivity contribution in [2.45, 2.75) is 57.4 Å². The van der Waals surface area contributed by atoms with E-state index in [1.165, 1.54) is 51.7 Å². The third-order valence-corrected chi connectivity index (χ3v) is 4.96. The number of nitrogens with zero attached hydrogens (tertiary/aromatic N) is 1. The molecule has 0 amide bonds. The molecule has 0 aromatic carbocycles. The van der Waals surface area contributed by atoms with Gasteiger partial charge in [-0.3, -0.25) is 0 Å². The second-order valence-electron chi connectivity index (χ2n) is 6.17. The number of likely N-dealkylation sites (tertiary alicyclic amines) is 1. The lowest BCUT2D eigenvalue weighted by molar-refractivity contribution is 0.113. The van der Waals surface area contributed by atoms with Crippen molar-refractivity contribution in [3.63, 3.8) is 0 Å². The molecule has 3 nitrogen and oxygen atoms in total. The topological polar surface area (TPSA) is 35.5 Å². The standard InChI is InChI=1S/C15H30N2O/c1-2-9-16-15(13-18)8-5-6-14(15)7-12-17-10-3-4-11-17/h14,16,18H,2-13H2,1H3. The molecule has 0 spiro atoms. The molecule has 2 aliphatic rings. The van der Waals surface area contributed by atoms with Gasteiger partial charge in [0.15, 0.2) is 0 Å². The zero-order valence-corrected chi connectivity index (χ0v) is 12.0. The number of hydrogen-bond donors (Lipinski definition) is 2. The first-order chi connectivity index (χ1) is 8.80. The predicted octanol–water partition coefficient (Wildman–Crippen LogP) is 2.00. The van der Waals surface area contributed by atoms with Crippen molar-refractivity contribution >= 4 is 0 Å². The SMILES string of the molecule is CCCNC1(CO)CCCC1CCN1CCCC1. The van der Waals surface area contributed by atoms with Crippen LogP contribution in [0.25, 0.3) is 0 Å². The van der Waals surface area contributed by atoms with Gasteiger partial charge in [0.1, 0.15) is 0 Å². The maximum Gasteiger partial charge on any atom is 0.0616 e. The van der Waals surface area contributed by atoms with Gasteiger partial charge in [-0.25, -0.2) is 0 Å². The molecule has 1 aliphatic heterocycles. The first kappa shape index (κ1) is 14.3. The van der Waals surface area contributed by atoms with Crippen molar-refractivity contribution < 1.29 is 5.11 Å². The Hall–Kier alpha value is -0.120. The Kier molecular flexibility index (Phi) is 5.46. The van der Waals surface area contributed by atoms with Crippen LogP contribution in [0.4, 0.5) is 0 Å². The minimum Gasteiger partial charge on any atom is -0.394 e. The van der Waals surface area contributed by atoms with E-state index in [4.69, 9.17) is 0 Å². The zero-order valence-electron chi connectivity index (χ0n) is 12.0. The minimum absolute atomic E-state index is 0.0374. The molecule has 2 atom stereocenters. The van der Waals surface area contributed by atoms with E-state index in [1.54, 1.807) is 0 Å². The van der Waals surface area contributed by atoms with Crippen molar-refractivity contribution in [2.75, 3.05) is 32.8 Å². The van der Waals surface area contributed by atoms with Crippen LogP contribution in [0.5, 0.6) is 0 Å². The van der Waals surface area contributed by atoms with Crippen molar-refractivity contribution in [3.8, 4) is 0 Å². The summed E-state index contributed by atoms with van der Waals surface area (Å²) < 4.78 is 0. The number of rotatable bonds is 7. The fourth-order valence-electron chi connectivity index (χ4n) is 3.78. The smallest absolute Gasteiger partial charge is 0.0616 e. The molecule has 2 N–H and O–H groups in total. The van der Waals surface area contributed by atoms with Gasteiger partial charge in [-0.15, -0.1) is 0 Å². The van der Waals surface area contributed by atoms with E-state index < -0.39 is 0 Å². The van der Waals surface area contributed by atoms with Gasteiger partial charge in [0.05, 0.1) is 6.61 Å². The summed E-state index contributed by atoms with van der Waals surface area (Å²) in [4.78, 5) is 2.60. The van der Waals surface area contributed by atoms with E-state index in [0.29, 0.717) is 12.5 Å². The first-order valence-electron chi connectivity index (χ1n) is 7.89. The lowest BCUT2D eigenvalue weighted by Gasteiger charge is -2.36. The van der Waals surface area contributed by atoms with E-state index in [0.717, 1.165) is 19.4 Å². The molecular formula is C15H30N2O. The highest BCUT2D eigenvalue weighted by atomic mass is 16.3. The molecular weight excluding hydrogens is 224 g/mol. The fourth-order valence-corrected chi connectivity index (χ4v) is 3.78. The Labute approximate surface area is 112 Å². The van der Waals surface area contributed by atoms with Gasteiger partial charge < -0.3 is 15.3 Å².